The highest BCUT2D eigenvalue weighted by molar-refractivity contribution is 5.76. The summed E-state index contributed by atoms with van der Waals surface area (Å²) >= 11 is 0. The largest absolute Gasteiger partial charge is 0.394 e. The van der Waals surface area contributed by atoms with E-state index in [4.69, 9.17) is 28.4 Å². The first-order chi connectivity index (χ1) is 51.3. The van der Waals surface area contributed by atoms with Crippen molar-refractivity contribution in [3.63, 3.8) is 0 Å². The number of aliphatic hydroxyl groups excluding tert-OH is 11. The molecule has 3 rings (SSSR count). The van der Waals surface area contributed by atoms with Gasteiger partial charge in [-0.05, 0) is 83.5 Å². The molecule has 19 heteroatoms. The predicted octanol–water partition coefficient (Wildman–Crippen LogP) is 15.2. The molecular weight excluding hydrogens is 1330 g/mol. The highest BCUT2D eigenvalue weighted by Gasteiger charge is 2.54. The third kappa shape index (κ3) is 45.4. The zero-order chi connectivity index (χ0) is 76.0. The molecule has 3 heterocycles. The van der Waals surface area contributed by atoms with Crippen LogP contribution in [-0.4, -0.2) is 193 Å². The lowest BCUT2D eigenvalue weighted by atomic mass is 9.96. The molecule has 19 nitrogen and oxygen atoms in total. The number of nitrogens with one attached hydrogen (secondary N) is 1. The number of unbranched alkanes of at least 4 members (excludes halogenated alkanes) is 42. The van der Waals surface area contributed by atoms with Gasteiger partial charge in [-0.3, -0.25) is 4.79 Å². The topological polar surface area (TPSA) is 307 Å². The van der Waals surface area contributed by atoms with Crippen molar-refractivity contribution in [3.05, 3.63) is 72.9 Å². The number of aliphatic hydroxyl groups is 11. The fraction of sp³-hybridized carbons (Fsp3) is 0.849. The summed E-state index contributed by atoms with van der Waals surface area (Å²) in [6, 6.07) is -0.999. The van der Waals surface area contributed by atoms with Gasteiger partial charge in [0.15, 0.2) is 18.9 Å². The smallest absolute Gasteiger partial charge is 0.220 e. The molecule has 3 aliphatic heterocycles. The van der Waals surface area contributed by atoms with Crippen LogP contribution in [0.2, 0.25) is 0 Å². The maximum atomic E-state index is 13.5. The van der Waals surface area contributed by atoms with Gasteiger partial charge in [0.05, 0.1) is 38.6 Å². The van der Waals surface area contributed by atoms with Crippen molar-refractivity contribution in [1.29, 1.82) is 0 Å². The zero-order valence-corrected chi connectivity index (χ0v) is 65.7. The van der Waals surface area contributed by atoms with E-state index in [1.807, 2.05) is 6.08 Å². The number of ether oxygens (including phenoxy) is 6. The summed E-state index contributed by atoms with van der Waals surface area (Å²) < 4.78 is 34.4. The third-order valence-corrected chi connectivity index (χ3v) is 21.0. The van der Waals surface area contributed by atoms with Crippen molar-refractivity contribution in [2.75, 3.05) is 26.4 Å². The number of rotatable bonds is 68. The second kappa shape index (κ2) is 65.9. The molecule has 0 spiro atoms. The molecule has 3 saturated heterocycles. The normalized spacial score (nSPS) is 26.1. The van der Waals surface area contributed by atoms with E-state index in [2.05, 4.69) is 79.9 Å². The Labute approximate surface area is 636 Å². The average Bonchev–Trinajstić information content (AvgIpc) is 0.779. The van der Waals surface area contributed by atoms with E-state index in [-0.39, 0.29) is 18.9 Å². The van der Waals surface area contributed by atoms with E-state index < -0.39 is 124 Å². The summed E-state index contributed by atoms with van der Waals surface area (Å²) in [5.41, 5.74) is 0. The Kier molecular flexibility index (Phi) is 60.5. The minimum Gasteiger partial charge on any atom is -0.394 e. The van der Waals surface area contributed by atoms with E-state index in [1.165, 1.54) is 244 Å². The molecule has 612 valence electrons. The fourth-order valence-corrected chi connectivity index (χ4v) is 14.1. The lowest BCUT2D eigenvalue weighted by molar-refractivity contribution is -0.379. The Balaban J connectivity index is 1.34. The maximum Gasteiger partial charge on any atom is 0.220 e. The van der Waals surface area contributed by atoms with Crippen molar-refractivity contribution < 1.29 is 89.4 Å². The molecule has 0 aliphatic carbocycles. The highest BCUT2D eigenvalue weighted by atomic mass is 16.8. The van der Waals surface area contributed by atoms with Crippen molar-refractivity contribution in [2.45, 2.75) is 439 Å². The van der Waals surface area contributed by atoms with Gasteiger partial charge < -0.3 is 89.9 Å². The fourth-order valence-electron chi connectivity index (χ4n) is 14.1. The SMILES string of the molecule is CCCCCCC/C=C\C/C=C\C/C=C\CCCCCCCCCCCCCCCCCCCCCCCCC(=O)NC(COC1OC(CO)C(OC2OC(CO)C(OC3OC(CO)C(O)C(O)C3O)C(O)C2O)C(O)C1O)C(O)/C=C/CC/C=C/CC/C=C/CCCCCCCCCCCCCCC. The third-order valence-electron chi connectivity index (χ3n) is 21.0. The van der Waals surface area contributed by atoms with Crippen molar-refractivity contribution in [2.24, 2.45) is 0 Å². The molecule has 0 radical (unpaired) electrons. The number of hydrogen-bond acceptors (Lipinski definition) is 18. The summed E-state index contributed by atoms with van der Waals surface area (Å²) in [5.74, 6) is -0.285. The molecule has 17 atom stereocenters. The van der Waals surface area contributed by atoms with Crippen LogP contribution in [-0.2, 0) is 33.2 Å². The monoisotopic (exact) mass is 1490 g/mol. The summed E-state index contributed by atoms with van der Waals surface area (Å²) in [6.07, 6.45) is 60.5. The van der Waals surface area contributed by atoms with Crippen LogP contribution in [0, 0.1) is 0 Å². The molecule has 3 fully saturated rings. The lowest BCUT2D eigenvalue weighted by Gasteiger charge is -2.48. The van der Waals surface area contributed by atoms with Crippen LogP contribution in [0.1, 0.15) is 335 Å². The molecule has 0 aromatic carbocycles. The minimum atomic E-state index is -1.98. The average molecular weight is 1490 g/mol. The van der Waals surface area contributed by atoms with Crippen molar-refractivity contribution in [3.8, 4) is 0 Å². The Hall–Kier alpha value is -2.77. The second-order valence-electron chi connectivity index (χ2n) is 30.3. The molecule has 105 heavy (non-hydrogen) atoms. The Morgan fingerprint density at radius 1 is 0.343 bits per heavy atom. The molecule has 0 saturated carbocycles. The number of amides is 1. The molecule has 0 aromatic rings. The molecular formula is C86H155NO18. The first-order valence-electron chi connectivity index (χ1n) is 42.7. The van der Waals surface area contributed by atoms with Gasteiger partial charge in [-0.25, -0.2) is 0 Å². The van der Waals surface area contributed by atoms with E-state index in [0.29, 0.717) is 12.8 Å². The minimum absolute atomic E-state index is 0.233. The summed E-state index contributed by atoms with van der Waals surface area (Å²) in [5, 5.41) is 121. The summed E-state index contributed by atoms with van der Waals surface area (Å²) in [6.45, 7) is 1.74. The first-order valence-corrected chi connectivity index (χ1v) is 42.7. The van der Waals surface area contributed by atoms with Gasteiger partial charge in [-0.2, -0.15) is 0 Å². The van der Waals surface area contributed by atoms with Crippen LogP contribution in [0.25, 0.3) is 0 Å². The van der Waals surface area contributed by atoms with Crippen LogP contribution in [0.15, 0.2) is 72.9 Å². The van der Waals surface area contributed by atoms with Gasteiger partial charge in [0.1, 0.15) is 73.2 Å². The number of carbonyl (C=O) groups is 1. The van der Waals surface area contributed by atoms with E-state index in [1.54, 1.807) is 6.08 Å². The van der Waals surface area contributed by atoms with Gasteiger partial charge in [0.2, 0.25) is 5.91 Å². The second-order valence-corrected chi connectivity index (χ2v) is 30.3. The van der Waals surface area contributed by atoms with E-state index in [0.717, 1.165) is 57.8 Å². The van der Waals surface area contributed by atoms with Gasteiger partial charge in [-0.15, -0.1) is 0 Å². The quantitative estimate of drug-likeness (QED) is 0.0199. The highest BCUT2D eigenvalue weighted by Crippen LogP contribution is 2.33. The van der Waals surface area contributed by atoms with Crippen LogP contribution >= 0.6 is 0 Å². The van der Waals surface area contributed by atoms with Gasteiger partial charge in [-0.1, -0.05) is 318 Å². The molecule has 0 bridgehead atoms. The molecule has 1 amide bonds. The summed E-state index contributed by atoms with van der Waals surface area (Å²) in [4.78, 5) is 13.5. The van der Waals surface area contributed by atoms with Crippen molar-refractivity contribution in [1.82, 2.24) is 5.32 Å². The van der Waals surface area contributed by atoms with E-state index in [9.17, 15) is 61.0 Å². The standard InChI is InChI=1S/C86H155NO18/c1-3-5-7-9-11-13-15-17-19-21-23-25-27-28-29-30-31-32-33-34-35-36-37-38-39-40-42-44-46-48-50-52-54-56-58-60-62-64-74(92)87-69(70(91)63-61-59-57-55-53-51-49-47-45-43-41-26-24-22-20-18-16-14-12-10-8-6-4-2)68-100-84-80(98)77(95)82(72(66-89)102-84)105-86-81(99)78(96)83(73(67-90)103-86)104-85-79(97)76(94)75(93)71(65-88)101-85/h15,17,21,23,27-28,45,47,53,55,61,63,69-73,75-86,88-91,93-99H,3-14,16,18-20,22,24-26,29-44,46,48-52,54,56-60,62,64-68H2,1-2H3,(H,87,92)/b17-15-,23-21-,28-27-,47-45+,55-53+,63-61+. The van der Waals surface area contributed by atoms with Gasteiger partial charge in [0.25, 0.3) is 0 Å². The van der Waals surface area contributed by atoms with Crippen LogP contribution in [0.3, 0.4) is 0 Å². The maximum absolute atomic E-state index is 13.5. The molecule has 3 aliphatic rings. The number of allylic oxidation sites excluding steroid dienone is 11. The molecule has 0 aromatic heterocycles. The van der Waals surface area contributed by atoms with Crippen molar-refractivity contribution >= 4 is 5.91 Å². The number of carbonyl (C=O) groups excluding carboxylic acids is 1. The summed E-state index contributed by atoms with van der Waals surface area (Å²) in [7, 11) is 0. The van der Waals surface area contributed by atoms with Crippen LogP contribution in [0.5, 0.6) is 0 Å². The van der Waals surface area contributed by atoms with Crippen LogP contribution in [0.4, 0.5) is 0 Å². The Bertz CT molecular complexity index is 2180. The Morgan fingerprint density at radius 3 is 1.02 bits per heavy atom. The predicted molar refractivity (Wildman–Crippen MR) is 420 cm³/mol. The lowest BCUT2D eigenvalue weighted by Crippen LogP contribution is -2.66. The first kappa shape index (κ1) is 96.4. The Morgan fingerprint density at radius 2 is 0.638 bits per heavy atom. The molecule has 12 N–H and O–H groups in total. The number of hydrogen-bond donors (Lipinski definition) is 12. The zero-order valence-electron chi connectivity index (χ0n) is 65.7. The van der Waals surface area contributed by atoms with Gasteiger partial charge >= 0.3 is 0 Å². The van der Waals surface area contributed by atoms with E-state index >= 15 is 0 Å². The van der Waals surface area contributed by atoms with Gasteiger partial charge in [0, 0.05) is 6.42 Å². The van der Waals surface area contributed by atoms with Crippen LogP contribution < -0.4 is 5.32 Å². The molecule has 17 unspecified atom stereocenters.